The summed E-state index contributed by atoms with van der Waals surface area (Å²) in [6.45, 7) is 7.21. The number of nitrogens with zero attached hydrogens (tertiary/aromatic N) is 2. The zero-order valence-electron chi connectivity index (χ0n) is 11.2. The van der Waals surface area contributed by atoms with Gasteiger partial charge in [-0.1, -0.05) is 0 Å². The monoisotopic (exact) mass is 250 g/mol. The molecule has 1 aliphatic heterocycles. The zero-order valence-corrected chi connectivity index (χ0v) is 11.2. The van der Waals surface area contributed by atoms with E-state index in [4.69, 9.17) is 0 Å². The molecule has 0 bridgehead atoms. The third-order valence-electron chi connectivity index (χ3n) is 3.53. The molecule has 1 aliphatic rings. The molecule has 2 rings (SSSR count). The highest BCUT2D eigenvalue weighted by Crippen LogP contribution is 2.25. The van der Waals surface area contributed by atoms with E-state index >= 15 is 0 Å². The van der Waals surface area contributed by atoms with E-state index in [0.717, 1.165) is 38.0 Å². The first kappa shape index (κ1) is 13.1. The van der Waals surface area contributed by atoms with Crippen molar-refractivity contribution in [3.63, 3.8) is 0 Å². The number of hydrogen-bond acceptors (Lipinski definition) is 3. The molecule has 0 spiro atoms. The first-order valence-corrected chi connectivity index (χ1v) is 6.58. The smallest absolute Gasteiger partial charge is 0.227 e. The SMILES string of the molecule is Cc1cnn(CCNC(=O)C2(C)CCCNC2)c1. The number of amides is 1. The van der Waals surface area contributed by atoms with Crippen LogP contribution < -0.4 is 10.6 Å². The Bertz CT molecular complexity index is 407. The van der Waals surface area contributed by atoms with Crippen molar-refractivity contribution in [1.29, 1.82) is 0 Å². The maximum absolute atomic E-state index is 12.1. The minimum atomic E-state index is -0.252. The topological polar surface area (TPSA) is 59.0 Å². The van der Waals surface area contributed by atoms with Crippen LogP contribution in [0.4, 0.5) is 0 Å². The van der Waals surface area contributed by atoms with Crippen molar-refractivity contribution in [3.8, 4) is 0 Å². The molecule has 2 heterocycles. The standard InChI is InChI=1S/C13H22N4O/c1-11-8-16-17(9-11)7-6-15-12(18)13(2)4-3-5-14-10-13/h8-9,14H,3-7,10H2,1-2H3,(H,15,18). The van der Waals surface area contributed by atoms with Gasteiger partial charge in [0.15, 0.2) is 0 Å². The van der Waals surface area contributed by atoms with Crippen LogP contribution in [0.5, 0.6) is 0 Å². The Morgan fingerprint density at radius 1 is 1.67 bits per heavy atom. The number of rotatable bonds is 4. The normalized spacial score (nSPS) is 23.9. The molecule has 0 radical (unpaired) electrons. The fourth-order valence-electron chi connectivity index (χ4n) is 2.34. The number of carbonyl (C=O) groups is 1. The molecule has 100 valence electrons. The van der Waals surface area contributed by atoms with Gasteiger partial charge in [-0.2, -0.15) is 5.10 Å². The predicted molar refractivity (Wildman–Crippen MR) is 70.2 cm³/mol. The highest BCUT2D eigenvalue weighted by atomic mass is 16.2. The summed E-state index contributed by atoms with van der Waals surface area (Å²) < 4.78 is 1.86. The summed E-state index contributed by atoms with van der Waals surface area (Å²) in [6, 6.07) is 0. The van der Waals surface area contributed by atoms with Crippen LogP contribution in [0.25, 0.3) is 0 Å². The molecule has 1 unspecified atom stereocenters. The number of carbonyl (C=O) groups excluding carboxylic acids is 1. The lowest BCUT2D eigenvalue weighted by atomic mass is 9.82. The van der Waals surface area contributed by atoms with Gasteiger partial charge in [0.05, 0.1) is 18.2 Å². The summed E-state index contributed by atoms with van der Waals surface area (Å²) in [5.74, 6) is 0.151. The number of piperidine rings is 1. The maximum Gasteiger partial charge on any atom is 0.227 e. The van der Waals surface area contributed by atoms with Crippen LogP contribution in [-0.2, 0) is 11.3 Å². The molecule has 0 aliphatic carbocycles. The molecule has 5 heteroatoms. The van der Waals surface area contributed by atoms with Crippen LogP contribution in [-0.4, -0.2) is 35.3 Å². The van der Waals surface area contributed by atoms with Crippen molar-refractivity contribution in [2.45, 2.75) is 33.2 Å². The number of hydrogen-bond donors (Lipinski definition) is 2. The molecule has 5 nitrogen and oxygen atoms in total. The van der Waals surface area contributed by atoms with E-state index in [9.17, 15) is 4.79 Å². The van der Waals surface area contributed by atoms with Gasteiger partial charge < -0.3 is 10.6 Å². The van der Waals surface area contributed by atoms with Crippen molar-refractivity contribution >= 4 is 5.91 Å². The van der Waals surface area contributed by atoms with Crippen LogP contribution in [0.2, 0.25) is 0 Å². The van der Waals surface area contributed by atoms with Crippen molar-refractivity contribution in [2.24, 2.45) is 5.41 Å². The van der Waals surface area contributed by atoms with Gasteiger partial charge in [-0.05, 0) is 38.8 Å². The molecule has 1 fully saturated rings. The van der Waals surface area contributed by atoms with E-state index in [1.807, 2.05) is 30.9 Å². The number of aryl methyl sites for hydroxylation is 1. The fraction of sp³-hybridized carbons (Fsp3) is 0.692. The molecule has 1 aromatic heterocycles. The number of aromatic nitrogens is 2. The van der Waals surface area contributed by atoms with Gasteiger partial charge >= 0.3 is 0 Å². The third kappa shape index (κ3) is 3.10. The van der Waals surface area contributed by atoms with E-state index in [1.165, 1.54) is 0 Å². The second-order valence-electron chi connectivity index (χ2n) is 5.38. The third-order valence-corrected chi connectivity index (χ3v) is 3.53. The van der Waals surface area contributed by atoms with Crippen molar-refractivity contribution in [3.05, 3.63) is 18.0 Å². The highest BCUT2D eigenvalue weighted by Gasteiger charge is 2.34. The average Bonchev–Trinajstić information content (AvgIpc) is 2.76. The van der Waals surface area contributed by atoms with Gasteiger partial charge in [-0.15, -0.1) is 0 Å². The Hall–Kier alpha value is -1.36. The van der Waals surface area contributed by atoms with Crippen molar-refractivity contribution < 1.29 is 4.79 Å². The second kappa shape index (κ2) is 5.52. The first-order chi connectivity index (χ1) is 8.60. The molecule has 0 aromatic carbocycles. The molecular formula is C13H22N4O. The lowest BCUT2D eigenvalue weighted by Gasteiger charge is -2.32. The van der Waals surface area contributed by atoms with E-state index in [-0.39, 0.29) is 11.3 Å². The Morgan fingerprint density at radius 3 is 3.11 bits per heavy atom. The Labute approximate surface area is 108 Å². The molecule has 1 aromatic rings. The van der Waals surface area contributed by atoms with Gasteiger partial charge in [0.1, 0.15) is 0 Å². The van der Waals surface area contributed by atoms with Crippen LogP contribution >= 0.6 is 0 Å². The van der Waals surface area contributed by atoms with E-state index in [1.54, 1.807) is 0 Å². The van der Waals surface area contributed by atoms with E-state index < -0.39 is 0 Å². The summed E-state index contributed by atoms with van der Waals surface area (Å²) >= 11 is 0. The molecule has 1 atom stereocenters. The van der Waals surface area contributed by atoms with Crippen LogP contribution in [0.1, 0.15) is 25.3 Å². The Kier molecular flexibility index (Phi) is 4.01. The van der Waals surface area contributed by atoms with Crippen molar-refractivity contribution in [2.75, 3.05) is 19.6 Å². The maximum atomic E-state index is 12.1. The minimum absolute atomic E-state index is 0.151. The summed E-state index contributed by atoms with van der Waals surface area (Å²) in [7, 11) is 0. The van der Waals surface area contributed by atoms with E-state index in [0.29, 0.717) is 6.54 Å². The van der Waals surface area contributed by atoms with Crippen LogP contribution in [0, 0.1) is 12.3 Å². The number of nitrogens with one attached hydrogen (secondary N) is 2. The Morgan fingerprint density at radius 2 is 2.50 bits per heavy atom. The van der Waals surface area contributed by atoms with Crippen LogP contribution in [0.15, 0.2) is 12.4 Å². The molecule has 1 saturated heterocycles. The first-order valence-electron chi connectivity index (χ1n) is 6.58. The average molecular weight is 250 g/mol. The highest BCUT2D eigenvalue weighted by molar-refractivity contribution is 5.82. The van der Waals surface area contributed by atoms with Crippen molar-refractivity contribution in [1.82, 2.24) is 20.4 Å². The van der Waals surface area contributed by atoms with Gasteiger partial charge in [0.2, 0.25) is 5.91 Å². The second-order valence-corrected chi connectivity index (χ2v) is 5.38. The quantitative estimate of drug-likeness (QED) is 0.827. The van der Waals surface area contributed by atoms with Gasteiger partial charge in [0, 0.05) is 19.3 Å². The lowest BCUT2D eigenvalue weighted by molar-refractivity contribution is -0.131. The molecular weight excluding hydrogens is 228 g/mol. The summed E-state index contributed by atoms with van der Waals surface area (Å²) in [4.78, 5) is 12.1. The lowest BCUT2D eigenvalue weighted by Crippen LogP contribution is -2.49. The summed E-state index contributed by atoms with van der Waals surface area (Å²) in [5.41, 5.74) is 0.892. The minimum Gasteiger partial charge on any atom is -0.354 e. The molecule has 1 amide bonds. The van der Waals surface area contributed by atoms with Gasteiger partial charge in [0.25, 0.3) is 0 Å². The zero-order chi connectivity index (χ0) is 13.0. The Balaban J connectivity index is 1.77. The molecule has 2 N–H and O–H groups in total. The largest absolute Gasteiger partial charge is 0.354 e. The molecule has 18 heavy (non-hydrogen) atoms. The van der Waals surface area contributed by atoms with Gasteiger partial charge in [-0.3, -0.25) is 9.48 Å². The summed E-state index contributed by atoms with van der Waals surface area (Å²) in [5, 5.41) is 10.5. The van der Waals surface area contributed by atoms with Gasteiger partial charge in [-0.25, -0.2) is 0 Å². The predicted octanol–water partition coefficient (Wildman–Crippen LogP) is 0.697. The molecule has 0 saturated carbocycles. The fourth-order valence-corrected chi connectivity index (χ4v) is 2.34. The van der Waals surface area contributed by atoms with Crippen LogP contribution in [0.3, 0.4) is 0 Å². The van der Waals surface area contributed by atoms with E-state index in [2.05, 4.69) is 15.7 Å². The summed E-state index contributed by atoms with van der Waals surface area (Å²) in [6.07, 6.45) is 5.85.